The van der Waals surface area contributed by atoms with Crippen molar-refractivity contribution in [3.8, 4) is 0 Å². The normalized spacial score (nSPS) is 27.9. The van der Waals surface area contributed by atoms with Crippen LogP contribution in [0.5, 0.6) is 0 Å². The maximum absolute atomic E-state index is 14.6. The number of Topliss-reactive ketones (excluding diaryl/α,β-unsaturated/α-hetero) is 1. The first kappa shape index (κ1) is 37.0. The fourth-order valence-electron chi connectivity index (χ4n) is 6.75. The highest BCUT2D eigenvalue weighted by Gasteiger charge is 2.52. The number of amides is 4. The highest BCUT2D eigenvalue weighted by molar-refractivity contribution is 5.99. The van der Waals surface area contributed by atoms with Gasteiger partial charge in [-0.2, -0.15) is 0 Å². The Kier molecular flexibility index (Phi) is 13.3. The van der Waals surface area contributed by atoms with Crippen molar-refractivity contribution < 1.29 is 33.9 Å². The van der Waals surface area contributed by atoms with E-state index in [0.717, 1.165) is 12.0 Å². The van der Waals surface area contributed by atoms with Crippen molar-refractivity contribution in [1.82, 2.24) is 21.3 Å². The van der Waals surface area contributed by atoms with Crippen molar-refractivity contribution in [2.24, 2.45) is 40.1 Å². The third-order valence-electron chi connectivity index (χ3n) is 9.07. The molecule has 1 spiro atoms. The van der Waals surface area contributed by atoms with E-state index in [9.17, 15) is 33.9 Å². The number of guanidine groups is 1. The number of aliphatic carboxylic acids is 1. The van der Waals surface area contributed by atoms with Crippen LogP contribution in [0.15, 0.2) is 35.3 Å². The first-order valence-electron chi connectivity index (χ1n) is 16.3. The van der Waals surface area contributed by atoms with Crippen LogP contribution < -0.4 is 32.7 Å². The molecule has 1 saturated carbocycles. The molecule has 14 heteroatoms. The molecule has 258 valence electrons. The Balaban J connectivity index is 2.11. The molecule has 0 aromatic heterocycles. The standard InChI is InChI=1S/C33H49N7O7/c1-19(2)23-12-11-20(3)17-33(23)31(47)39-25(14-21-8-5-4-6-9-21)26(41)15-22(16-28(43)44)29(45)37-18-27(42)38-24(30(46)40-33)10-7-13-36-32(34)35/h4-6,8-9,19-20,22-25H,7,10-18H2,1-3H3,(H,37,45)(H,38,42)(H,39,47)(H,40,46)(H,43,44)(H4,34,35,36)/t20-,22-,23+,24-,25+,33?/m0/s1. The zero-order valence-corrected chi connectivity index (χ0v) is 27.4. The van der Waals surface area contributed by atoms with Gasteiger partial charge in [-0.15, -0.1) is 0 Å². The van der Waals surface area contributed by atoms with Gasteiger partial charge in [0.05, 0.1) is 24.9 Å². The lowest BCUT2D eigenvalue weighted by atomic mass is 9.64. The largest absolute Gasteiger partial charge is 0.481 e. The molecular formula is C33H49N7O7. The Morgan fingerprint density at radius 2 is 1.72 bits per heavy atom. The number of rotatable bonds is 9. The van der Waals surface area contributed by atoms with Crippen molar-refractivity contribution in [1.29, 1.82) is 0 Å². The lowest BCUT2D eigenvalue weighted by Crippen LogP contribution is -2.69. The summed E-state index contributed by atoms with van der Waals surface area (Å²) < 4.78 is 0. The van der Waals surface area contributed by atoms with E-state index in [1.807, 2.05) is 26.8 Å². The Morgan fingerprint density at radius 1 is 1.02 bits per heavy atom. The summed E-state index contributed by atoms with van der Waals surface area (Å²) in [5, 5.41) is 20.6. The summed E-state index contributed by atoms with van der Waals surface area (Å²) in [5.41, 5.74) is 10.2. The number of benzene rings is 1. The summed E-state index contributed by atoms with van der Waals surface area (Å²) in [6, 6.07) is 6.79. The molecule has 1 aliphatic heterocycles. The number of hydrogen-bond acceptors (Lipinski definition) is 7. The van der Waals surface area contributed by atoms with Gasteiger partial charge in [0.1, 0.15) is 11.6 Å². The molecule has 14 nitrogen and oxygen atoms in total. The van der Waals surface area contributed by atoms with Gasteiger partial charge in [0.25, 0.3) is 0 Å². The molecule has 0 bridgehead atoms. The van der Waals surface area contributed by atoms with E-state index in [4.69, 9.17) is 11.5 Å². The second kappa shape index (κ2) is 16.9. The summed E-state index contributed by atoms with van der Waals surface area (Å²) in [4.78, 5) is 84.4. The van der Waals surface area contributed by atoms with E-state index < -0.39 is 78.3 Å². The predicted octanol–water partition coefficient (Wildman–Crippen LogP) is 0.379. The minimum atomic E-state index is -1.42. The number of carboxylic acid groups (broad SMARTS) is 1. The van der Waals surface area contributed by atoms with Gasteiger partial charge in [0.15, 0.2) is 11.7 Å². The molecule has 2 aliphatic rings. The number of aliphatic imine (C=N–C) groups is 1. The van der Waals surface area contributed by atoms with E-state index in [1.165, 1.54) is 0 Å². The van der Waals surface area contributed by atoms with Crippen LogP contribution in [0.3, 0.4) is 0 Å². The molecule has 1 aromatic rings. The van der Waals surface area contributed by atoms with Crippen molar-refractivity contribution in [2.45, 2.75) is 89.8 Å². The molecule has 3 rings (SSSR count). The third kappa shape index (κ3) is 10.5. The Labute approximate surface area is 275 Å². The summed E-state index contributed by atoms with van der Waals surface area (Å²) in [6.07, 6.45) is 1.18. The number of nitrogens with zero attached hydrogens (tertiary/aromatic N) is 1. The highest BCUT2D eigenvalue weighted by Crippen LogP contribution is 2.41. The van der Waals surface area contributed by atoms with Crippen molar-refractivity contribution in [2.75, 3.05) is 13.1 Å². The lowest BCUT2D eigenvalue weighted by molar-refractivity contribution is -0.143. The van der Waals surface area contributed by atoms with Crippen LogP contribution in [0, 0.1) is 23.7 Å². The van der Waals surface area contributed by atoms with Crippen molar-refractivity contribution in [3.63, 3.8) is 0 Å². The Bertz CT molecular complexity index is 1330. The van der Waals surface area contributed by atoms with Gasteiger partial charge in [0, 0.05) is 13.0 Å². The molecule has 4 amide bonds. The zero-order chi connectivity index (χ0) is 34.7. The van der Waals surface area contributed by atoms with Gasteiger partial charge >= 0.3 is 5.97 Å². The van der Waals surface area contributed by atoms with E-state index in [0.29, 0.717) is 19.3 Å². The monoisotopic (exact) mass is 655 g/mol. The number of carbonyl (C=O) groups is 6. The number of hydrogen-bond donors (Lipinski definition) is 7. The average molecular weight is 656 g/mol. The molecule has 1 unspecified atom stereocenters. The van der Waals surface area contributed by atoms with Crippen LogP contribution >= 0.6 is 0 Å². The SMILES string of the molecule is CC(C)[C@H]1CC[C@H](C)CC12NC(=O)[C@H](CCCN=C(N)N)NC(=O)CNC(=O)[C@H](CC(=O)O)CC(=O)[C@@H](Cc1ccccc1)NC2=O. The minimum Gasteiger partial charge on any atom is -0.481 e. The number of nitrogens with one attached hydrogen (secondary N) is 4. The summed E-state index contributed by atoms with van der Waals surface area (Å²) in [5.74, 6) is -6.16. The quantitative estimate of drug-likeness (QED) is 0.110. The fraction of sp³-hybridized carbons (Fsp3) is 0.606. The van der Waals surface area contributed by atoms with E-state index in [1.54, 1.807) is 24.3 Å². The topological polar surface area (TPSA) is 235 Å². The van der Waals surface area contributed by atoms with Crippen LogP contribution in [0.1, 0.15) is 71.3 Å². The first-order valence-corrected chi connectivity index (χ1v) is 16.3. The van der Waals surface area contributed by atoms with Gasteiger partial charge in [-0.05, 0) is 55.4 Å². The average Bonchev–Trinajstić information content (AvgIpc) is 3.00. The predicted molar refractivity (Wildman–Crippen MR) is 175 cm³/mol. The van der Waals surface area contributed by atoms with Gasteiger partial charge in [0.2, 0.25) is 23.6 Å². The summed E-state index contributed by atoms with van der Waals surface area (Å²) in [6.45, 7) is 5.60. The van der Waals surface area contributed by atoms with E-state index >= 15 is 0 Å². The maximum Gasteiger partial charge on any atom is 0.304 e. The molecular weight excluding hydrogens is 606 g/mol. The van der Waals surface area contributed by atoms with Crippen LogP contribution in [0.25, 0.3) is 0 Å². The summed E-state index contributed by atoms with van der Waals surface area (Å²) in [7, 11) is 0. The number of carboxylic acids is 1. The number of carbonyl (C=O) groups excluding carboxylic acids is 5. The van der Waals surface area contributed by atoms with E-state index in [-0.39, 0.29) is 43.1 Å². The second-order valence-corrected chi connectivity index (χ2v) is 13.2. The summed E-state index contributed by atoms with van der Waals surface area (Å²) >= 11 is 0. The maximum atomic E-state index is 14.6. The van der Waals surface area contributed by atoms with Gasteiger partial charge < -0.3 is 37.8 Å². The minimum absolute atomic E-state index is 0.0319. The molecule has 1 aliphatic carbocycles. The van der Waals surface area contributed by atoms with E-state index in [2.05, 4.69) is 26.3 Å². The zero-order valence-electron chi connectivity index (χ0n) is 27.4. The molecule has 0 radical (unpaired) electrons. The van der Waals surface area contributed by atoms with Crippen LogP contribution in [-0.2, 0) is 35.2 Å². The van der Waals surface area contributed by atoms with Crippen molar-refractivity contribution >= 4 is 41.3 Å². The highest BCUT2D eigenvalue weighted by atomic mass is 16.4. The molecule has 9 N–H and O–H groups in total. The third-order valence-corrected chi connectivity index (χ3v) is 9.07. The molecule has 1 heterocycles. The number of nitrogens with two attached hydrogens (primary N) is 2. The van der Waals surface area contributed by atoms with Crippen LogP contribution in [0.2, 0.25) is 0 Å². The molecule has 1 saturated heterocycles. The van der Waals surface area contributed by atoms with Gasteiger partial charge in [-0.3, -0.25) is 33.8 Å². The van der Waals surface area contributed by atoms with Gasteiger partial charge in [-0.1, -0.05) is 57.5 Å². The molecule has 47 heavy (non-hydrogen) atoms. The first-order chi connectivity index (χ1) is 22.2. The van der Waals surface area contributed by atoms with Crippen LogP contribution in [0.4, 0.5) is 0 Å². The lowest BCUT2D eigenvalue weighted by Gasteiger charge is -2.48. The Hall–Kier alpha value is -4.49. The fourth-order valence-corrected chi connectivity index (χ4v) is 6.75. The van der Waals surface area contributed by atoms with Gasteiger partial charge in [-0.25, -0.2) is 0 Å². The Morgan fingerprint density at radius 3 is 2.36 bits per heavy atom. The molecule has 2 fully saturated rings. The smallest absolute Gasteiger partial charge is 0.304 e. The number of ketones is 1. The van der Waals surface area contributed by atoms with Crippen molar-refractivity contribution in [3.05, 3.63) is 35.9 Å². The molecule has 1 aromatic carbocycles. The molecule has 6 atom stereocenters. The van der Waals surface area contributed by atoms with Crippen LogP contribution in [-0.4, -0.2) is 77.2 Å². The second-order valence-electron chi connectivity index (χ2n) is 13.2.